The third-order valence-electron chi connectivity index (χ3n) is 4.03. The molecule has 1 saturated heterocycles. The summed E-state index contributed by atoms with van der Waals surface area (Å²) >= 11 is 0. The van der Waals surface area contributed by atoms with Crippen molar-refractivity contribution < 1.29 is 12.8 Å². The topological polar surface area (TPSA) is 64.4 Å². The molecule has 1 fully saturated rings. The van der Waals surface area contributed by atoms with Gasteiger partial charge in [-0.15, -0.1) is 0 Å². The van der Waals surface area contributed by atoms with Crippen molar-refractivity contribution in [1.29, 1.82) is 5.26 Å². The van der Waals surface area contributed by atoms with E-state index in [2.05, 4.69) is 4.90 Å². The largest absolute Gasteiger partial charge is 0.298 e. The first kappa shape index (κ1) is 15.9. The van der Waals surface area contributed by atoms with Crippen LogP contribution in [0.25, 0.3) is 0 Å². The molecule has 2 unspecified atom stereocenters. The maximum atomic E-state index is 13.6. The van der Waals surface area contributed by atoms with Crippen LogP contribution in [-0.2, 0) is 10.0 Å². The molecule has 1 heterocycles. The van der Waals surface area contributed by atoms with E-state index in [9.17, 15) is 12.8 Å². The second-order valence-corrected chi connectivity index (χ2v) is 7.32. The average molecular weight is 311 g/mol. The highest BCUT2D eigenvalue weighted by molar-refractivity contribution is 7.89. The zero-order valence-electron chi connectivity index (χ0n) is 12.2. The van der Waals surface area contributed by atoms with Crippen LogP contribution in [0.4, 0.5) is 4.39 Å². The lowest BCUT2D eigenvalue weighted by Gasteiger charge is -2.41. The highest BCUT2D eigenvalue weighted by Gasteiger charge is 2.35. The van der Waals surface area contributed by atoms with Gasteiger partial charge in [0.1, 0.15) is 22.3 Å². The molecule has 0 N–H and O–H groups in total. The lowest BCUT2D eigenvalue weighted by atomic mass is 10.1. The van der Waals surface area contributed by atoms with Gasteiger partial charge in [0.15, 0.2) is 0 Å². The smallest absolute Gasteiger partial charge is 0.244 e. The lowest BCUT2D eigenvalue weighted by molar-refractivity contribution is 0.105. The fraction of sp³-hybridized carbons (Fsp3) is 0.500. The number of halogens is 1. The molecule has 1 aliphatic heterocycles. The monoisotopic (exact) mass is 311 g/mol. The molecule has 0 bridgehead atoms. The van der Waals surface area contributed by atoms with E-state index in [1.165, 1.54) is 16.4 Å². The first-order valence-corrected chi connectivity index (χ1v) is 8.13. The van der Waals surface area contributed by atoms with Crippen LogP contribution in [0.1, 0.15) is 19.4 Å². The number of nitriles is 1. The summed E-state index contributed by atoms with van der Waals surface area (Å²) in [5.74, 6) is -0.811. The van der Waals surface area contributed by atoms with Crippen molar-refractivity contribution in [2.45, 2.75) is 30.8 Å². The molecule has 21 heavy (non-hydrogen) atoms. The average Bonchev–Trinajstić information content (AvgIpc) is 2.43. The predicted octanol–water partition coefficient (Wildman–Crippen LogP) is 1.41. The van der Waals surface area contributed by atoms with E-state index in [1.807, 2.05) is 20.9 Å². The fourth-order valence-electron chi connectivity index (χ4n) is 2.52. The molecule has 0 saturated carbocycles. The van der Waals surface area contributed by atoms with Gasteiger partial charge in [-0.3, -0.25) is 4.90 Å². The van der Waals surface area contributed by atoms with E-state index in [0.29, 0.717) is 13.1 Å². The van der Waals surface area contributed by atoms with Crippen molar-refractivity contribution >= 4 is 10.0 Å². The summed E-state index contributed by atoms with van der Waals surface area (Å²) in [6.45, 7) is 4.53. The molecule has 0 spiro atoms. The van der Waals surface area contributed by atoms with Gasteiger partial charge < -0.3 is 0 Å². The number of piperazine rings is 1. The van der Waals surface area contributed by atoms with Gasteiger partial charge in [-0.05, 0) is 33.0 Å². The number of hydrogen-bond acceptors (Lipinski definition) is 4. The molecular weight excluding hydrogens is 293 g/mol. The van der Waals surface area contributed by atoms with Crippen LogP contribution in [0.2, 0.25) is 0 Å². The Bertz CT molecular complexity index is 672. The molecule has 1 aromatic rings. The maximum absolute atomic E-state index is 13.6. The van der Waals surface area contributed by atoms with Crippen LogP contribution in [0, 0.1) is 17.1 Å². The molecule has 7 heteroatoms. The predicted molar refractivity (Wildman–Crippen MR) is 76.6 cm³/mol. The van der Waals surface area contributed by atoms with Crippen LogP contribution >= 0.6 is 0 Å². The molecule has 2 rings (SSSR count). The highest BCUT2D eigenvalue weighted by atomic mass is 32.2. The van der Waals surface area contributed by atoms with E-state index in [1.54, 1.807) is 6.07 Å². The standard InChI is InChI=1S/C14H18FN3O2S/c1-10-8-18(9-11(2)17(10)3)21(19,20)14-6-4-5-13(15)12(14)7-16/h4-6,10-11H,8-9H2,1-3H3. The molecule has 0 aliphatic carbocycles. The molecule has 2 atom stereocenters. The van der Waals surface area contributed by atoms with Gasteiger partial charge >= 0.3 is 0 Å². The Labute approximate surface area is 124 Å². The molecule has 0 radical (unpaired) electrons. The van der Waals surface area contributed by atoms with E-state index in [-0.39, 0.29) is 17.0 Å². The Morgan fingerprint density at radius 1 is 1.29 bits per heavy atom. The van der Waals surface area contributed by atoms with E-state index >= 15 is 0 Å². The molecule has 0 aromatic heterocycles. The van der Waals surface area contributed by atoms with Crippen LogP contribution in [-0.4, -0.2) is 49.8 Å². The maximum Gasteiger partial charge on any atom is 0.244 e. The fourth-order valence-corrected chi connectivity index (χ4v) is 4.27. The van der Waals surface area contributed by atoms with Crippen LogP contribution in [0.15, 0.2) is 23.1 Å². The van der Waals surface area contributed by atoms with Gasteiger partial charge in [0.25, 0.3) is 0 Å². The van der Waals surface area contributed by atoms with E-state index in [4.69, 9.17) is 5.26 Å². The summed E-state index contributed by atoms with van der Waals surface area (Å²) in [7, 11) is -1.93. The second-order valence-electron chi connectivity index (χ2n) is 5.41. The number of hydrogen-bond donors (Lipinski definition) is 0. The normalized spacial score (nSPS) is 24.7. The summed E-state index contributed by atoms with van der Waals surface area (Å²) in [5.41, 5.74) is -0.420. The molecule has 0 amide bonds. The number of benzene rings is 1. The Hall–Kier alpha value is -1.49. The SMILES string of the molecule is CC1CN(S(=O)(=O)c2cccc(F)c2C#N)CC(C)N1C. The van der Waals surface area contributed by atoms with Crippen molar-refractivity contribution in [3.05, 3.63) is 29.6 Å². The molecular formula is C14H18FN3O2S. The Kier molecular flexibility index (Phi) is 4.33. The quantitative estimate of drug-likeness (QED) is 0.828. The van der Waals surface area contributed by atoms with E-state index < -0.39 is 21.4 Å². The Morgan fingerprint density at radius 3 is 2.38 bits per heavy atom. The zero-order chi connectivity index (χ0) is 15.8. The van der Waals surface area contributed by atoms with Crippen molar-refractivity contribution in [2.24, 2.45) is 0 Å². The van der Waals surface area contributed by atoms with Gasteiger partial charge in [-0.25, -0.2) is 12.8 Å². The number of nitrogens with zero attached hydrogens (tertiary/aromatic N) is 3. The van der Waals surface area contributed by atoms with Gasteiger partial charge in [0.05, 0.1) is 0 Å². The third-order valence-corrected chi connectivity index (χ3v) is 5.91. The summed E-state index contributed by atoms with van der Waals surface area (Å²) in [6.07, 6.45) is 0. The summed E-state index contributed by atoms with van der Waals surface area (Å²) < 4.78 is 40.4. The molecule has 5 nitrogen and oxygen atoms in total. The molecule has 114 valence electrons. The van der Waals surface area contributed by atoms with Gasteiger partial charge in [-0.2, -0.15) is 9.57 Å². The first-order valence-electron chi connectivity index (χ1n) is 6.69. The van der Waals surface area contributed by atoms with Gasteiger partial charge in [0.2, 0.25) is 10.0 Å². The number of sulfonamides is 1. The minimum atomic E-state index is -3.87. The minimum Gasteiger partial charge on any atom is -0.298 e. The van der Waals surface area contributed by atoms with Crippen LogP contribution in [0.3, 0.4) is 0 Å². The molecule has 1 aliphatic rings. The molecule has 1 aromatic carbocycles. The minimum absolute atomic E-state index is 0.0580. The van der Waals surface area contributed by atoms with Crippen molar-refractivity contribution in [2.75, 3.05) is 20.1 Å². The summed E-state index contributed by atoms with van der Waals surface area (Å²) in [4.78, 5) is 1.84. The number of rotatable bonds is 2. The van der Waals surface area contributed by atoms with Gasteiger partial charge in [0, 0.05) is 25.2 Å². The van der Waals surface area contributed by atoms with Crippen molar-refractivity contribution in [3.8, 4) is 6.07 Å². The zero-order valence-corrected chi connectivity index (χ0v) is 13.1. The lowest BCUT2D eigenvalue weighted by Crippen LogP contribution is -2.56. The number of likely N-dealkylation sites (N-methyl/N-ethyl adjacent to an activating group) is 1. The Morgan fingerprint density at radius 2 is 1.86 bits per heavy atom. The third kappa shape index (κ3) is 2.79. The highest BCUT2D eigenvalue weighted by Crippen LogP contribution is 2.25. The van der Waals surface area contributed by atoms with Crippen molar-refractivity contribution in [3.63, 3.8) is 0 Å². The van der Waals surface area contributed by atoms with Crippen molar-refractivity contribution in [1.82, 2.24) is 9.21 Å². The first-order chi connectivity index (χ1) is 9.78. The van der Waals surface area contributed by atoms with Crippen LogP contribution < -0.4 is 0 Å². The van der Waals surface area contributed by atoms with Crippen LogP contribution in [0.5, 0.6) is 0 Å². The Balaban J connectivity index is 2.45. The summed E-state index contributed by atoms with van der Waals surface area (Å²) in [5, 5.41) is 9.03. The van der Waals surface area contributed by atoms with Gasteiger partial charge in [-0.1, -0.05) is 6.07 Å². The summed E-state index contributed by atoms with van der Waals surface area (Å²) in [6, 6.07) is 5.45. The van der Waals surface area contributed by atoms with E-state index in [0.717, 1.165) is 6.07 Å². The second kappa shape index (κ2) is 5.72.